The summed E-state index contributed by atoms with van der Waals surface area (Å²) in [6.07, 6.45) is 1.93. The molecule has 108 valence electrons. The molecule has 2 aromatic rings. The smallest absolute Gasteiger partial charge is 0.275 e. The highest BCUT2D eigenvalue weighted by Crippen LogP contribution is 2.24. The summed E-state index contributed by atoms with van der Waals surface area (Å²) in [4.78, 5) is 12.8. The number of aromatic amines is 1. The highest BCUT2D eigenvalue weighted by atomic mass is 16.1. The Balaban J connectivity index is 2.69. The van der Waals surface area contributed by atoms with Gasteiger partial charge >= 0.3 is 0 Å². The van der Waals surface area contributed by atoms with Gasteiger partial charge in [0.25, 0.3) is 5.56 Å². The van der Waals surface area contributed by atoms with Gasteiger partial charge in [-0.2, -0.15) is 0 Å². The molecule has 0 spiro atoms. The lowest BCUT2D eigenvalue weighted by Gasteiger charge is -2.17. The van der Waals surface area contributed by atoms with Crippen LogP contribution in [0.1, 0.15) is 50.9 Å². The van der Waals surface area contributed by atoms with Crippen LogP contribution in [0.5, 0.6) is 0 Å². The minimum Gasteiger partial charge on any atom is -0.295 e. The molecule has 1 aromatic carbocycles. The van der Waals surface area contributed by atoms with Gasteiger partial charge in [0.15, 0.2) is 0 Å². The van der Waals surface area contributed by atoms with Gasteiger partial charge < -0.3 is 0 Å². The Morgan fingerprint density at radius 3 is 2.40 bits per heavy atom. The van der Waals surface area contributed by atoms with E-state index < -0.39 is 0 Å². The zero-order valence-electron chi connectivity index (χ0n) is 13.1. The highest BCUT2D eigenvalue weighted by molar-refractivity contribution is 5.41. The molecule has 0 amide bonds. The normalized spacial score (nSPS) is 11.8. The Hall–Kier alpha value is -1.77. The van der Waals surface area contributed by atoms with Gasteiger partial charge in [-0.05, 0) is 30.4 Å². The second-order valence-electron chi connectivity index (χ2n) is 6.39. The number of nitrogens with one attached hydrogen (secondary N) is 1. The number of nitrogens with zero attached hydrogens (tertiary/aromatic N) is 1. The molecule has 0 unspecified atom stereocenters. The van der Waals surface area contributed by atoms with Gasteiger partial charge in [-0.1, -0.05) is 52.3 Å². The van der Waals surface area contributed by atoms with Crippen molar-refractivity contribution in [3.05, 3.63) is 51.4 Å². The number of benzene rings is 1. The zero-order valence-corrected chi connectivity index (χ0v) is 13.1. The van der Waals surface area contributed by atoms with Gasteiger partial charge in [-0.25, -0.2) is 4.68 Å². The number of aryl methyl sites for hydroxylation is 2. The summed E-state index contributed by atoms with van der Waals surface area (Å²) in [5.74, 6) is 0. The Labute approximate surface area is 120 Å². The molecule has 1 heterocycles. The number of aromatic nitrogens is 2. The number of para-hydroxylation sites is 1. The van der Waals surface area contributed by atoms with Crippen LogP contribution < -0.4 is 5.56 Å². The van der Waals surface area contributed by atoms with Crippen molar-refractivity contribution in [2.75, 3.05) is 0 Å². The van der Waals surface area contributed by atoms with E-state index in [4.69, 9.17) is 0 Å². The first kappa shape index (κ1) is 14.6. The van der Waals surface area contributed by atoms with Crippen LogP contribution in [-0.4, -0.2) is 9.78 Å². The van der Waals surface area contributed by atoms with Crippen LogP contribution in [0.3, 0.4) is 0 Å². The topological polar surface area (TPSA) is 37.8 Å². The summed E-state index contributed by atoms with van der Waals surface area (Å²) in [7, 11) is 0. The second-order valence-corrected chi connectivity index (χ2v) is 6.39. The van der Waals surface area contributed by atoms with Crippen molar-refractivity contribution < 1.29 is 0 Å². The molecule has 0 aliphatic carbocycles. The van der Waals surface area contributed by atoms with Gasteiger partial charge in [0.05, 0.1) is 5.69 Å². The Morgan fingerprint density at radius 1 is 1.20 bits per heavy atom. The monoisotopic (exact) mass is 272 g/mol. The minimum absolute atomic E-state index is 0.0789. The van der Waals surface area contributed by atoms with Crippen LogP contribution in [0, 0.1) is 6.92 Å². The molecule has 3 nitrogen and oxygen atoms in total. The maximum Gasteiger partial charge on any atom is 0.275 e. The Kier molecular flexibility index (Phi) is 3.89. The maximum absolute atomic E-state index is 12.8. The zero-order chi connectivity index (χ0) is 14.9. The average Bonchev–Trinajstić information content (AvgIpc) is 2.67. The van der Waals surface area contributed by atoms with Crippen LogP contribution >= 0.6 is 0 Å². The Morgan fingerprint density at radius 2 is 1.85 bits per heavy atom. The molecule has 0 saturated heterocycles. The van der Waals surface area contributed by atoms with Crippen molar-refractivity contribution in [2.45, 2.75) is 52.9 Å². The van der Waals surface area contributed by atoms with E-state index in [1.807, 2.05) is 31.2 Å². The van der Waals surface area contributed by atoms with Crippen molar-refractivity contribution in [3.63, 3.8) is 0 Å². The van der Waals surface area contributed by atoms with E-state index in [1.165, 1.54) is 0 Å². The van der Waals surface area contributed by atoms with E-state index in [0.29, 0.717) is 0 Å². The summed E-state index contributed by atoms with van der Waals surface area (Å²) in [6, 6.07) is 7.96. The fourth-order valence-corrected chi connectivity index (χ4v) is 2.67. The molecule has 1 N–H and O–H groups in total. The quantitative estimate of drug-likeness (QED) is 0.908. The first-order chi connectivity index (χ1) is 9.36. The van der Waals surface area contributed by atoms with E-state index >= 15 is 0 Å². The van der Waals surface area contributed by atoms with E-state index in [-0.39, 0.29) is 11.0 Å². The number of hydrogen-bond donors (Lipinski definition) is 1. The molecular weight excluding hydrogens is 248 g/mol. The van der Waals surface area contributed by atoms with Crippen LogP contribution in [-0.2, 0) is 11.8 Å². The van der Waals surface area contributed by atoms with E-state index in [1.54, 1.807) is 4.68 Å². The summed E-state index contributed by atoms with van der Waals surface area (Å²) < 4.78 is 1.70. The lowest BCUT2D eigenvalue weighted by Crippen LogP contribution is -2.26. The van der Waals surface area contributed by atoms with Gasteiger partial charge in [0, 0.05) is 11.3 Å². The van der Waals surface area contributed by atoms with Crippen molar-refractivity contribution in [3.8, 4) is 5.69 Å². The van der Waals surface area contributed by atoms with Crippen molar-refractivity contribution in [1.82, 2.24) is 9.78 Å². The molecule has 0 bridgehead atoms. The lowest BCUT2D eigenvalue weighted by atomic mass is 9.86. The molecule has 3 heteroatoms. The van der Waals surface area contributed by atoms with E-state index in [9.17, 15) is 4.79 Å². The van der Waals surface area contributed by atoms with Crippen molar-refractivity contribution in [2.24, 2.45) is 0 Å². The molecule has 0 saturated carbocycles. The van der Waals surface area contributed by atoms with Gasteiger partial charge in [-0.15, -0.1) is 0 Å². The molecular formula is C17H24N2O. The molecule has 0 aliphatic rings. The minimum atomic E-state index is -0.147. The highest BCUT2D eigenvalue weighted by Gasteiger charge is 2.25. The molecule has 0 fully saturated rings. The van der Waals surface area contributed by atoms with Gasteiger partial charge in [0.2, 0.25) is 0 Å². The first-order valence-electron chi connectivity index (χ1n) is 7.26. The lowest BCUT2D eigenvalue weighted by molar-refractivity contribution is 0.576. The van der Waals surface area contributed by atoms with Crippen LogP contribution in [0.2, 0.25) is 0 Å². The maximum atomic E-state index is 12.8. The number of rotatable bonds is 3. The standard InChI is InChI=1S/C17H24N2O/c1-6-9-13-15(17(3,4)5)16(20)19(18-13)14-11-8-7-10-12(14)2/h7-8,10-11,18H,6,9H2,1-5H3. The largest absolute Gasteiger partial charge is 0.295 e. The molecule has 0 aliphatic heterocycles. The molecule has 0 atom stereocenters. The van der Waals surface area contributed by atoms with E-state index in [2.05, 4.69) is 32.8 Å². The molecule has 2 rings (SSSR count). The predicted molar refractivity (Wildman–Crippen MR) is 83.8 cm³/mol. The SMILES string of the molecule is CCCc1[nH]n(-c2ccccc2C)c(=O)c1C(C)(C)C. The summed E-state index contributed by atoms with van der Waals surface area (Å²) >= 11 is 0. The van der Waals surface area contributed by atoms with Crippen LogP contribution in [0.25, 0.3) is 5.69 Å². The third-order valence-corrected chi connectivity index (χ3v) is 3.57. The number of hydrogen-bond acceptors (Lipinski definition) is 1. The average molecular weight is 272 g/mol. The fraction of sp³-hybridized carbons (Fsp3) is 0.471. The van der Waals surface area contributed by atoms with Gasteiger partial charge in [0.1, 0.15) is 0 Å². The summed E-state index contributed by atoms with van der Waals surface area (Å²) in [5, 5.41) is 3.32. The predicted octanol–water partition coefficient (Wildman–Crippen LogP) is 3.72. The second kappa shape index (κ2) is 5.31. The third kappa shape index (κ3) is 2.58. The fourth-order valence-electron chi connectivity index (χ4n) is 2.67. The molecule has 1 aromatic heterocycles. The van der Waals surface area contributed by atoms with Crippen molar-refractivity contribution in [1.29, 1.82) is 0 Å². The molecule has 20 heavy (non-hydrogen) atoms. The number of H-pyrrole nitrogens is 1. The Bertz CT molecular complexity index is 656. The van der Waals surface area contributed by atoms with Crippen LogP contribution in [0.4, 0.5) is 0 Å². The first-order valence-corrected chi connectivity index (χ1v) is 7.26. The third-order valence-electron chi connectivity index (χ3n) is 3.57. The molecule has 0 radical (unpaired) electrons. The summed E-state index contributed by atoms with van der Waals surface area (Å²) in [5.41, 5.74) is 3.93. The van der Waals surface area contributed by atoms with Gasteiger partial charge in [-0.3, -0.25) is 9.89 Å². The van der Waals surface area contributed by atoms with Crippen LogP contribution in [0.15, 0.2) is 29.1 Å². The van der Waals surface area contributed by atoms with E-state index in [0.717, 1.165) is 35.3 Å². The van der Waals surface area contributed by atoms with Crippen molar-refractivity contribution >= 4 is 0 Å². The summed E-state index contributed by atoms with van der Waals surface area (Å²) in [6.45, 7) is 10.4.